The lowest BCUT2D eigenvalue weighted by atomic mass is 10.2. The molecule has 1 heterocycles. The van der Waals surface area contributed by atoms with E-state index in [1.165, 1.54) is 23.5 Å². The van der Waals surface area contributed by atoms with Crippen LogP contribution in [-0.4, -0.2) is 57.2 Å². The Kier molecular flexibility index (Phi) is 4.50. The van der Waals surface area contributed by atoms with Gasteiger partial charge in [-0.2, -0.15) is 4.31 Å². The molecule has 1 aliphatic heterocycles. The lowest BCUT2D eigenvalue weighted by molar-refractivity contribution is 0.0597. The van der Waals surface area contributed by atoms with Crippen molar-refractivity contribution >= 4 is 16.0 Å². The monoisotopic (exact) mass is 315 g/mol. The standard InChI is InChI=1S/C13H17NO6S/c1-19-9-5-6-14(8-9)21(17,18)10-3-4-12(15)11(7-10)13(16)20-2/h3-4,7,9,15H,5-6,8H2,1-2H3. The summed E-state index contributed by atoms with van der Waals surface area (Å²) >= 11 is 0. The lowest BCUT2D eigenvalue weighted by Crippen LogP contribution is -2.30. The van der Waals surface area contributed by atoms with E-state index in [0.29, 0.717) is 13.0 Å². The van der Waals surface area contributed by atoms with E-state index in [1.54, 1.807) is 0 Å². The first-order valence-electron chi connectivity index (χ1n) is 6.34. The Hall–Kier alpha value is -1.64. The molecular weight excluding hydrogens is 298 g/mol. The van der Waals surface area contributed by atoms with E-state index in [4.69, 9.17) is 4.74 Å². The van der Waals surface area contributed by atoms with Crippen LogP contribution in [0.3, 0.4) is 0 Å². The van der Waals surface area contributed by atoms with E-state index >= 15 is 0 Å². The second kappa shape index (κ2) is 6.00. The molecule has 0 bridgehead atoms. The number of carbonyl (C=O) groups is 1. The molecule has 1 aromatic carbocycles. The van der Waals surface area contributed by atoms with Crippen LogP contribution in [0.2, 0.25) is 0 Å². The summed E-state index contributed by atoms with van der Waals surface area (Å²) in [6.45, 7) is 0.628. The highest BCUT2D eigenvalue weighted by Gasteiger charge is 2.33. The molecule has 0 aromatic heterocycles. The normalized spacial score (nSPS) is 19.6. The third kappa shape index (κ3) is 3.02. The molecule has 0 amide bonds. The van der Waals surface area contributed by atoms with Crippen molar-refractivity contribution in [1.82, 2.24) is 4.31 Å². The van der Waals surface area contributed by atoms with E-state index in [0.717, 1.165) is 13.2 Å². The van der Waals surface area contributed by atoms with Crippen molar-refractivity contribution in [3.05, 3.63) is 23.8 Å². The smallest absolute Gasteiger partial charge is 0.341 e. The minimum absolute atomic E-state index is 0.0579. The van der Waals surface area contributed by atoms with Crippen molar-refractivity contribution in [1.29, 1.82) is 0 Å². The molecule has 1 aliphatic rings. The fraction of sp³-hybridized carbons (Fsp3) is 0.462. The third-order valence-corrected chi connectivity index (χ3v) is 5.31. The fourth-order valence-corrected chi connectivity index (χ4v) is 3.72. The number of phenols is 1. The third-order valence-electron chi connectivity index (χ3n) is 3.45. The van der Waals surface area contributed by atoms with Crippen LogP contribution in [0.4, 0.5) is 0 Å². The molecule has 0 radical (unpaired) electrons. The van der Waals surface area contributed by atoms with Crippen LogP contribution in [0.15, 0.2) is 23.1 Å². The van der Waals surface area contributed by atoms with Crippen molar-refractivity contribution in [3.63, 3.8) is 0 Å². The van der Waals surface area contributed by atoms with Crippen molar-refractivity contribution in [3.8, 4) is 5.75 Å². The average molecular weight is 315 g/mol. The van der Waals surface area contributed by atoms with E-state index in [2.05, 4.69) is 4.74 Å². The maximum Gasteiger partial charge on any atom is 0.341 e. The van der Waals surface area contributed by atoms with Gasteiger partial charge in [0.2, 0.25) is 10.0 Å². The van der Waals surface area contributed by atoms with Gasteiger partial charge in [-0.3, -0.25) is 0 Å². The Balaban J connectivity index is 2.35. The molecule has 2 rings (SSSR count). The maximum absolute atomic E-state index is 12.5. The lowest BCUT2D eigenvalue weighted by Gasteiger charge is -2.17. The minimum atomic E-state index is -3.73. The summed E-state index contributed by atoms with van der Waals surface area (Å²) in [4.78, 5) is 11.5. The van der Waals surface area contributed by atoms with Gasteiger partial charge in [-0.05, 0) is 24.6 Å². The second-order valence-electron chi connectivity index (χ2n) is 4.68. The molecular formula is C13H17NO6S. The number of hydrogen-bond acceptors (Lipinski definition) is 6. The summed E-state index contributed by atoms with van der Waals surface area (Å²) in [5, 5.41) is 9.62. The van der Waals surface area contributed by atoms with Gasteiger partial charge in [-0.15, -0.1) is 0 Å². The fourth-order valence-electron chi connectivity index (χ4n) is 2.21. The first-order valence-corrected chi connectivity index (χ1v) is 7.78. The number of hydrogen-bond donors (Lipinski definition) is 1. The number of ether oxygens (including phenoxy) is 2. The number of aromatic hydroxyl groups is 1. The molecule has 1 N–H and O–H groups in total. The number of rotatable bonds is 4. The number of sulfonamides is 1. The summed E-state index contributed by atoms with van der Waals surface area (Å²) in [5.74, 6) is -1.11. The van der Waals surface area contributed by atoms with Gasteiger partial charge >= 0.3 is 5.97 Å². The van der Waals surface area contributed by atoms with Gasteiger partial charge in [0.05, 0.1) is 18.1 Å². The van der Waals surface area contributed by atoms with Crippen LogP contribution in [0.5, 0.6) is 5.75 Å². The predicted octanol–water partition coefficient (Wildman–Crippen LogP) is 0.588. The second-order valence-corrected chi connectivity index (χ2v) is 6.62. The van der Waals surface area contributed by atoms with Gasteiger partial charge < -0.3 is 14.6 Å². The van der Waals surface area contributed by atoms with E-state index in [1.807, 2.05) is 0 Å². The molecule has 8 heteroatoms. The molecule has 0 aliphatic carbocycles. The Bertz CT molecular complexity index is 642. The average Bonchev–Trinajstić information content (AvgIpc) is 2.96. The summed E-state index contributed by atoms with van der Waals surface area (Å²) in [6.07, 6.45) is 0.495. The van der Waals surface area contributed by atoms with Crippen LogP contribution < -0.4 is 0 Å². The highest BCUT2D eigenvalue weighted by Crippen LogP contribution is 2.26. The van der Waals surface area contributed by atoms with Crippen molar-refractivity contribution in [2.75, 3.05) is 27.3 Å². The van der Waals surface area contributed by atoms with E-state index < -0.39 is 16.0 Å². The number of esters is 1. The zero-order valence-electron chi connectivity index (χ0n) is 11.8. The number of phenolic OH excluding ortho intramolecular Hbond substituents is 1. The molecule has 7 nitrogen and oxygen atoms in total. The Morgan fingerprint density at radius 2 is 2.10 bits per heavy atom. The highest BCUT2D eigenvalue weighted by atomic mass is 32.2. The SMILES string of the molecule is COC(=O)c1cc(S(=O)(=O)N2CCC(OC)C2)ccc1O. The van der Waals surface area contributed by atoms with Crippen LogP contribution in [0.1, 0.15) is 16.8 Å². The Morgan fingerprint density at radius 1 is 1.38 bits per heavy atom. The van der Waals surface area contributed by atoms with Gasteiger partial charge in [0.15, 0.2) is 0 Å². The zero-order chi connectivity index (χ0) is 15.6. The summed E-state index contributed by atoms with van der Waals surface area (Å²) < 4.78 is 36.0. The van der Waals surface area contributed by atoms with Crippen LogP contribution in [-0.2, 0) is 19.5 Å². The first-order chi connectivity index (χ1) is 9.90. The van der Waals surface area contributed by atoms with Crippen LogP contribution in [0, 0.1) is 0 Å². The van der Waals surface area contributed by atoms with Crippen molar-refractivity contribution in [2.45, 2.75) is 17.4 Å². The largest absolute Gasteiger partial charge is 0.507 e. The summed E-state index contributed by atoms with van der Waals surface area (Å²) in [6, 6.07) is 3.55. The molecule has 0 spiro atoms. The van der Waals surface area contributed by atoms with E-state index in [9.17, 15) is 18.3 Å². The van der Waals surface area contributed by atoms with Gasteiger partial charge in [0.25, 0.3) is 0 Å². The zero-order valence-corrected chi connectivity index (χ0v) is 12.6. The maximum atomic E-state index is 12.5. The Labute approximate surface area is 123 Å². The molecule has 1 unspecified atom stereocenters. The van der Waals surface area contributed by atoms with E-state index in [-0.39, 0.29) is 28.9 Å². The summed E-state index contributed by atoms with van der Waals surface area (Å²) in [5.41, 5.74) is -0.180. The molecule has 1 aromatic rings. The Morgan fingerprint density at radius 3 is 2.67 bits per heavy atom. The first kappa shape index (κ1) is 15.7. The molecule has 21 heavy (non-hydrogen) atoms. The molecule has 1 fully saturated rings. The minimum Gasteiger partial charge on any atom is -0.507 e. The van der Waals surface area contributed by atoms with Crippen LogP contribution >= 0.6 is 0 Å². The molecule has 1 saturated heterocycles. The number of methoxy groups -OCH3 is 2. The van der Waals surface area contributed by atoms with Gasteiger partial charge in [0, 0.05) is 20.2 Å². The van der Waals surface area contributed by atoms with Gasteiger partial charge in [0.1, 0.15) is 11.3 Å². The topological polar surface area (TPSA) is 93.1 Å². The number of benzene rings is 1. The number of carbonyl (C=O) groups excluding carboxylic acids is 1. The molecule has 0 saturated carbocycles. The number of nitrogens with zero attached hydrogens (tertiary/aromatic N) is 1. The highest BCUT2D eigenvalue weighted by molar-refractivity contribution is 7.89. The van der Waals surface area contributed by atoms with Crippen molar-refractivity contribution in [2.24, 2.45) is 0 Å². The van der Waals surface area contributed by atoms with Crippen molar-refractivity contribution < 1.29 is 27.8 Å². The predicted molar refractivity (Wildman–Crippen MR) is 73.6 cm³/mol. The van der Waals surface area contributed by atoms with Gasteiger partial charge in [-0.1, -0.05) is 0 Å². The van der Waals surface area contributed by atoms with Crippen LogP contribution in [0.25, 0.3) is 0 Å². The summed E-state index contributed by atoms with van der Waals surface area (Å²) in [7, 11) is -1.03. The van der Waals surface area contributed by atoms with Gasteiger partial charge in [-0.25, -0.2) is 13.2 Å². The molecule has 1 atom stereocenters. The quantitative estimate of drug-likeness (QED) is 0.817. The molecule has 116 valence electrons.